The topological polar surface area (TPSA) is 128 Å². The Morgan fingerprint density at radius 2 is 1.63 bits per heavy atom. The van der Waals surface area contributed by atoms with Crippen molar-refractivity contribution in [2.45, 2.75) is 32.1 Å². The third kappa shape index (κ3) is 6.77. The first-order valence-corrected chi connectivity index (χ1v) is 14.9. The van der Waals surface area contributed by atoms with Crippen LogP contribution in [0.5, 0.6) is 17.2 Å². The molecule has 0 saturated carbocycles. The molecule has 12 heteroatoms. The highest BCUT2D eigenvalue weighted by Crippen LogP contribution is 2.39. The molecule has 1 saturated heterocycles. The second-order valence-electron chi connectivity index (χ2n) is 8.91. The summed E-state index contributed by atoms with van der Waals surface area (Å²) in [6.45, 7) is 6.20. The summed E-state index contributed by atoms with van der Waals surface area (Å²) in [6.07, 6.45) is 2.10. The monoisotopic (exact) mass is 642 g/mol. The number of halogens is 1. The lowest BCUT2D eigenvalue weighted by Gasteiger charge is -2.26. The second kappa shape index (κ2) is 12.6. The van der Waals surface area contributed by atoms with E-state index in [2.05, 4.69) is 21.2 Å². The van der Waals surface area contributed by atoms with Crippen LogP contribution in [-0.2, 0) is 19.7 Å². The van der Waals surface area contributed by atoms with Crippen LogP contribution in [0, 0.1) is 6.92 Å². The number of nitrogens with zero attached hydrogens (tertiary/aromatic N) is 1. The fourth-order valence-corrected chi connectivity index (χ4v) is 5.45. The van der Waals surface area contributed by atoms with Gasteiger partial charge in [-0.2, -0.15) is 8.42 Å². The van der Waals surface area contributed by atoms with Crippen molar-refractivity contribution in [1.29, 1.82) is 0 Å². The number of benzene rings is 3. The number of amides is 4. The van der Waals surface area contributed by atoms with E-state index in [-0.39, 0.29) is 38.7 Å². The molecule has 0 aliphatic carbocycles. The Hall–Kier alpha value is -4.16. The van der Waals surface area contributed by atoms with Gasteiger partial charge in [-0.15, -0.1) is 0 Å². The van der Waals surface area contributed by atoms with Crippen LogP contribution in [-0.4, -0.2) is 39.5 Å². The van der Waals surface area contributed by atoms with E-state index in [0.29, 0.717) is 17.9 Å². The van der Waals surface area contributed by atoms with Crippen molar-refractivity contribution >= 4 is 55.7 Å². The SMILES string of the molecule is CCCOc1ccc(N2C(=O)NC(=O)/C(=C/c3cc(Br)c(OS(=O)(=O)c4ccc(C)cc4)c(OCC)c3)C2=O)cc1. The molecule has 1 aliphatic heterocycles. The Kier molecular flexibility index (Phi) is 9.14. The number of urea groups is 1. The molecule has 4 amide bonds. The Morgan fingerprint density at radius 3 is 2.27 bits per heavy atom. The summed E-state index contributed by atoms with van der Waals surface area (Å²) >= 11 is 3.32. The minimum Gasteiger partial charge on any atom is -0.494 e. The number of carbonyl (C=O) groups is 3. The van der Waals surface area contributed by atoms with Crippen molar-refractivity contribution in [3.8, 4) is 17.2 Å². The maximum Gasteiger partial charge on any atom is 0.339 e. The largest absolute Gasteiger partial charge is 0.494 e. The molecule has 10 nitrogen and oxygen atoms in total. The average Bonchev–Trinajstić information content (AvgIpc) is 2.93. The van der Waals surface area contributed by atoms with Gasteiger partial charge >= 0.3 is 16.1 Å². The Morgan fingerprint density at radius 1 is 0.951 bits per heavy atom. The molecule has 1 fully saturated rings. The highest BCUT2D eigenvalue weighted by molar-refractivity contribution is 9.10. The lowest BCUT2D eigenvalue weighted by molar-refractivity contribution is -0.122. The van der Waals surface area contributed by atoms with Crippen molar-refractivity contribution in [1.82, 2.24) is 5.32 Å². The lowest BCUT2D eigenvalue weighted by atomic mass is 10.1. The van der Waals surface area contributed by atoms with Crippen LogP contribution in [0.25, 0.3) is 6.08 Å². The van der Waals surface area contributed by atoms with Crippen LogP contribution < -0.4 is 23.9 Å². The summed E-state index contributed by atoms with van der Waals surface area (Å²) in [5.74, 6) is -1.18. The van der Waals surface area contributed by atoms with E-state index in [9.17, 15) is 22.8 Å². The maximum atomic E-state index is 13.3. The van der Waals surface area contributed by atoms with Gasteiger partial charge in [0.1, 0.15) is 16.2 Å². The molecule has 0 radical (unpaired) electrons. The summed E-state index contributed by atoms with van der Waals surface area (Å²) in [6, 6.07) is 14.5. The van der Waals surface area contributed by atoms with E-state index in [1.165, 1.54) is 30.3 Å². The number of aryl methyl sites for hydroxylation is 1. The minimum atomic E-state index is -4.20. The highest BCUT2D eigenvalue weighted by atomic mass is 79.9. The number of carbonyl (C=O) groups excluding carboxylic acids is 3. The average molecular weight is 644 g/mol. The van der Waals surface area contributed by atoms with Gasteiger partial charge in [-0.05, 0) is 96.4 Å². The fraction of sp³-hybridized carbons (Fsp3) is 0.207. The zero-order valence-electron chi connectivity index (χ0n) is 22.5. The predicted octanol–water partition coefficient (Wildman–Crippen LogP) is 5.38. The molecule has 1 heterocycles. The molecule has 3 aromatic carbocycles. The zero-order valence-corrected chi connectivity index (χ0v) is 24.9. The molecule has 0 spiro atoms. The summed E-state index contributed by atoms with van der Waals surface area (Å²) in [5, 5.41) is 2.18. The number of hydrogen-bond donors (Lipinski definition) is 1. The first-order chi connectivity index (χ1) is 19.5. The molecule has 41 heavy (non-hydrogen) atoms. The van der Waals surface area contributed by atoms with Crippen molar-refractivity contribution in [3.05, 3.63) is 81.8 Å². The smallest absolute Gasteiger partial charge is 0.339 e. The molecule has 4 rings (SSSR count). The molecule has 3 aromatic rings. The van der Waals surface area contributed by atoms with Crippen LogP contribution >= 0.6 is 15.9 Å². The van der Waals surface area contributed by atoms with Gasteiger partial charge in [0.05, 0.1) is 23.4 Å². The molecular weight excluding hydrogens is 616 g/mol. The number of ether oxygens (including phenoxy) is 2. The van der Waals surface area contributed by atoms with Gasteiger partial charge in [0.25, 0.3) is 11.8 Å². The molecule has 0 atom stereocenters. The predicted molar refractivity (Wildman–Crippen MR) is 156 cm³/mol. The minimum absolute atomic E-state index is 0.0390. The molecule has 1 N–H and O–H groups in total. The third-order valence-corrected chi connectivity index (χ3v) is 7.64. The Bertz CT molecular complexity index is 1620. The van der Waals surface area contributed by atoms with Gasteiger partial charge in [0.2, 0.25) is 0 Å². The van der Waals surface area contributed by atoms with E-state index >= 15 is 0 Å². The number of nitrogens with one attached hydrogen (secondary N) is 1. The Labute approximate surface area is 246 Å². The third-order valence-electron chi connectivity index (χ3n) is 5.81. The van der Waals surface area contributed by atoms with Gasteiger partial charge in [0.15, 0.2) is 11.5 Å². The molecule has 0 unspecified atom stereocenters. The normalized spacial score (nSPS) is 14.7. The van der Waals surface area contributed by atoms with Crippen molar-refractivity contribution < 1.29 is 36.5 Å². The second-order valence-corrected chi connectivity index (χ2v) is 11.3. The van der Waals surface area contributed by atoms with Crippen LogP contribution in [0.3, 0.4) is 0 Å². The molecule has 0 bridgehead atoms. The van der Waals surface area contributed by atoms with Gasteiger partial charge in [-0.25, -0.2) is 9.69 Å². The van der Waals surface area contributed by atoms with Crippen LogP contribution in [0.2, 0.25) is 0 Å². The van der Waals surface area contributed by atoms with Gasteiger partial charge in [0, 0.05) is 0 Å². The standard InChI is InChI=1S/C29H27BrN2O8S/c1-4-14-39-21-10-8-20(9-11-21)32-28(34)23(27(33)31-29(32)35)15-19-16-24(30)26(25(17-19)38-5-2)40-41(36,37)22-12-6-18(3)7-13-22/h6-13,15-17H,4-5,14H2,1-3H3,(H,31,33,35)/b23-15-. The van der Waals surface area contributed by atoms with Crippen LogP contribution in [0.15, 0.2) is 75.6 Å². The summed E-state index contributed by atoms with van der Waals surface area (Å²) in [7, 11) is -4.20. The highest BCUT2D eigenvalue weighted by Gasteiger charge is 2.37. The van der Waals surface area contributed by atoms with Crippen molar-refractivity contribution in [3.63, 3.8) is 0 Å². The Balaban J connectivity index is 1.67. The van der Waals surface area contributed by atoms with Gasteiger partial charge < -0.3 is 13.7 Å². The van der Waals surface area contributed by atoms with E-state index in [1.54, 1.807) is 43.3 Å². The molecule has 1 aliphatic rings. The molecule has 214 valence electrons. The van der Waals surface area contributed by atoms with E-state index in [1.807, 2.05) is 13.8 Å². The maximum absolute atomic E-state index is 13.3. The molecular formula is C29H27BrN2O8S. The van der Waals surface area contributed by atoms with E-state index < -0.39 is 28.0 Å². The van der Waals surface area contributed by atoms with E-state index in [0.717, 1.165) is 16.9 Å². The summed E-state index contributed by atoms with van der Waals surface area (Å²) in [5.41, 5.74) is 1.14. The quantitative estimate of drug-likeness (QED) is 0.177. The number of imide groups is 2. The number of barbiturate groups is 1. The van der Waals surface area contributed by atoms with Crippen molar-refractivity contribution in [2.24, 2.45) is 0 Å². The first kappa shape index (κ1) is 29.8. The number of anilines is 1. The first-order valence-electron chi connectivity index (χ1n) is 12.7. The number of rotatable bonds is 10. The lowest BCUT2D eigenvalue weighted by Crippen LogP contribution is -2.54. The summed E-state index contributed by atoms with van der Waals surface area (Å²) < 4.78 is 42.7. The van der Waals surface area contributed by atoms with Crippen LogP contribution in [0.1, 0.15) is 31.4 Å². The van der Waals surface area contributed by atoms with Crippen LogP contribution in [0.4, 0.5) is 10.5 Å². The number of hydrogen-bond acceptors (Lipinski definition) is 8. The zero-order chi connectivity index (χ0) is 29.7. The molecule has 0 aromatic heterocycles. The fourth-order valence-electron chi connectivity index (χ4n) is 3.85. The van der Waals surface area contributed by atoms with Gasteiger partial charge in [-0.1, -0.05) is 24.6 Å². The summed E-state index contributed by atoms with van der Waals surface area (Å²) in [4.78, 5) is 39.4. The van der Waals surface area contributed by atoms with Crippen molar-refractivity contribution in [2.75, 3.05) is 18.1 Å². The van der Waals surface area contributed by atoms with E-state index in [4.69, 9.17) is 13.7 Å². The van der Waals surface area contributed by atoms with Gasteiger partial charge in [-0.3, -0.25) is 14.9 Å².